The number of carbonyl (C=O) groups excluding carboxylic acids is 2. The largest absolute Gasteiger partial charge is 0.453 e. The van der Waals surface area contributed by atoms with Gasteiger partial charge in [-0.15, -0.1) is 11.3 Å². The topological polar surface area (TPSA) is 99.7 Å². The number of nitrogens with one attached hydrogen (secondary N) is 2. The normalized spacial score (nSPS) is 16.9. The molecule has 2 N–H and O–H groups in total. The molecule has 1 saturated heterocycles. The summed E-state index contributed by atoms with van der Waals surface area (Å²) in [5.74, 6) is -0.106. The third-order valence-corrected chi connectivity index (χ3v) is 8.30. The Bertz CT molecular complexity index is 1570. The molecule has 206 valence electrons. The van der Waals surface area contributed by atoms with Crippen LogP contribution in [0.25, 0.3) is 20.8 Å². The van der Waals surface area contributed by atoms with Gasteiger partial charge in [-0.1, -0.05) is 0 Å². The molecule has 0 spiro atoms. The Morgan fingerprint density at radius 1 is 1.07 bits per heavy atom. The number of likely N-dealkylation sites (tertiary alicyclic amines) is 1. The molecular weight excluding hydrogens is 531 g/mol. The number of amides is 3. The Morgan fingerprint density at radius 2 is 1.93 bits per heavy atom. The number of thiophene rings is 1. The van der Waals surface area contributed by atoms with Gasteiger partial charge in [-0.3, -0.25) is 14.8 Å². The smallest absolute Gasteiger partial charge is 0.319 e. The van der Waals surface area contributed by atoms with Crippen LogP contribution in [0.15, 0.2) is 54.9 Å². The van der Waals surface area contributed by atoms with Gasteiger partial charge in [0.2, 0.25) is 0 Å². The van der Waals surface area contributed by atoms with E-state index in [0.717, 1.165) is 35.4 Å². The van der Waals surface area contributed by atoms with E-state index in [1.165, 1.54) is 23.5 Å². The lowest BCUT2D eigenvalue weighted by molar-refractivity contribution is 0.0782. The fraction of sp³-hybridized carbons (Fsp3) is 0.310. The van der Waals surface area contributed by atoms with E-state index < -0.39 is 5.82 Å². The number of likely N-dealkylation sites (N-methyl/N-ethyl adjacent to an activating group) is 1. The van der Waals surface area contributed by atoms with Gasteiger partial charge in [0.1, 0.15) is 5.75 Å². The first-order chi connectivity index (χ1) is 19.3. The van der Waals surface area contributed by atoms with E-state index in [-0.39, 0.29) is 23.7 Å². The highest BCUT2D eigenvalue weighted by Crippen LogP contribution is 2.39. The molecule has 2 fully saturated rings. The summed E-state index contributed by atoms with van der Waals surface area (Å²) in [6, 6.07) is 11.8. The zero-order valence-electron chi connectivity index (χ0n) is 22.2. The van der Waals surface area contributed by atoms with Crippen molar-refractivity contribution in [3.05, 3.63) is 66.2 Å². The SMILES string of the molecule is CN(C)[C@@H]1CCN(C(=O)c2ccc(-c3cc4nccc(Oc5ccc(NC(=O)NC6CC6)cc5F)c4s3)nc2)C1. The maximum Gasteiger partial charge on any atom is 0.319 e. The molecule has 0 unspecified atom stereocenters. The van der Waals surface area contributed by atoms with E-state index in [0.29, 0.717) is 40.8 Å². The van der Waals surface area contributed by atoms with Gasteiger partial charge in [-0.05, 0) is 63.7 Å². The van der Waals surface area contributed by atoms with Crippen LogP contribution in [0.1, 0.15) is 29.6 Å². The van der Waals surface area contributed by atoms with Gasteiger partial charge in [0.05, 0.1) is 26.4 Å². The minimum Gasteiger partial charge on any atom is -0.453 e. The monoisotopic (exact) mass is 560 g/mol. The van der Waals surface area contributed by atoms with Crippen molar-refractivity contribution in [3.63, 3.8) is 0 Å². The van der Waals surface area contributed by atoms with Gasteiger partial charge in [0.25, 0.3) is 5.91 Å². The molecule has 3 aromatic heterocycles. The second kappa shape index (κ2) is 10.8. The molecule has 9 nitrogen and oxygen atoms in total. The lowest BCUT2D eigenvalue weighted by atomic mass is 10.2. The predicted octanol–water partition coefficient (Wildman–Crippen LogP) is 5.35. The number of anilines is 1. The van der Waals surface area contributed by atoms with E-state index in [1.807, 2.05) is 31.1 Å². The van der Waals surface area contributed by atoms with E-state index in [4.69, 9.17) is 4.74 Å². The predicted molar refractivity (Wildman–Crippen MR) is 152 cm³/mol. The van der Waals surface area contributed by atoms with Gasteiger partial charge in [-0.2, -0.15) is 0 Å². The third-order valence-electron chi connectivity index (χ3n) is 7.14. The van der Waals surface area contributed by atoms with Crippen molar-refractivity contribution in [2.45, 2.75) is 31.3 Å². The number of urea groups is 1. The summed E-state index contributed by atoms with van der Waals surface area (Å²) in [4.78, 5) is 38.8. The summed E-state index contributed by atoms with van der Waals surface area (Å²) in [5, 5.41) is 5.45. The average molecular weight is 561 g/mol. The highest BCUT2D eigenvalue weighted by molar-refractivity contribution is 7.22. The number of benzene rings is 1. The maximum absolute atomic E-state index is 14.9. The Balaban J connectivity index is 1.17. The lowest BCUT2D eigenvalue weighted by Gasteiger charge is -2.20. The van der Waals surface area contributed by atoms with Gasteiger partial charge in [0, 0.05) is 55.4 Å². The van der Waals surface area contributed by atoms with Crippen molar-refractivity contribution < 1.29 is 18.7 Å². The number of fused-ring (bicyclic) bond motifs is 1. The van der Waals surface area contributed by atoms with Crippen LogP contribution in [-0.2, 0) is 0 Å². The first-order valence-corrected chi connectivity index (χ1v) is 14.0. The lowest BCUT2D eigenvalue weighted by Crippen LogP contribution is -2.34. The number of pyridine rings is 2. The molecule has 3 amide bonds. The zero-order valence-corrected chi connectivity index (χ0v) is 23.0. The molecule has 4 heterocycles. The summed E-state index contributed by atoms with van der Waals surface area (Å²) in [5.41, 5.74) is 2.31. The number of nitrogens with zero attached hydrogens (tertiary/aromatic N) is 4. The van der Waals surface area contributed by atoms with E-state index >= 15 is 0 Å². The minimum absolute atomic E-state index is 0.0103. The molecule has 0 bridgehead atoms. The Hall–Kier alpha value is -4.09. The molecule has 2 aliphatic rings. The standard InChI is InChI=1S/C29H29FN6O3S/c1-35(2)20-10-12-36(16-20)28(37)17-3-7-22(32-15-17)26-14-23-27(40-26)25(9-11-31-23)39-24-8-6-19(13-21(24)30)34-29(38)33-18-4-5-18/h3,6-9,11,13-15,18,20H,4-5,10,12,16H2,1-2H3,(H2,33,34,38)/t20-/m1/s1. The van der Waals surface area contributed by atoms with Crippen LogP contribution in [0.4, 0.5) is 14.9 Å². The Labute approximate surface area is 235 Å². The van der Waals surface area contributed by atoms with Crippen LogP contribution in [0.3, 0.4) is 0 Å². The molecule has 1 atom stereocenters. The first-order valence-electron chi connectivity index (χ1n) is 13.2. The molecule has 0 radical (unpaired) electrons. The zero-order chi connectivity index (χ0) is 27.8. The van der Waals surface area contributed by atoms with Gasteiger partial charge in [0.15, 0.2) is 11.6 Å². The Morgan fingerprint density at radius 3 is 2.62 bits per heavy atom. The van der Waals surface area contributed by atoms with Crippen LogP contribution in [0, 0.1) is 5.82 Å². The number of aromatic nitrogens is 2. The van der Waals surface area contributed by atoms with Crippen molar-refractivity contribution in [1.29, 1.82) is 0 Å². The molecule has 1 saturated carbocycles. The van der Waals surface area contributed by atoms with Gasteiger partial charge >= 0.3 is 6.03 Å². The second-order valence-electron chi connectivity index (χ2n) is 10.3. The third kappa shape index (κ3) is 5.61. The van der Waals surface area contributed by atoms with Crippen molar-refractivity contribution in [1.82, 2.24) is 25.1 Å². The number of halogens is 1. The number of ether oxygens (including phenoxy) is 1. The molecule has 11 heteroatoms. The average Bonchev–Trinajstić information content (AvgIpc) is 3.42. The Kier molecular flexibility index (Phi) is 7.07. The number of carbonyl (C=O) groups is 2. The fourth-order valence-corrected chi connectivity index (χ4v) is 5.72. The van der Waals surface area contributed by atoms with Crippen LogP contribution < -0.4 is 15.4 Å². The summed E-state index contributed by atoms with van der Waals surface area (Å²) < 4.78 is 21.5. The van der Waals surface area contributed by atoms with E-state index in [1.54, 1.807) is 30.6 Å². The summed E-state index contributed by atoms with van der Waals surface area (Å²) >= 11 is 1.43. The van der Waals surface area contributed by atoms with E-state index in [2.05, 4.69) is 25.5 Å². The van der Waals surface area contributed by atoms with Crippen molar-refractivity contribution >= 4 is 39.2 Å². The quantitative estimate of drug-likeness (QED) is 0.316. The van der Waals surface area contributed by atoms with Crippen molar-refractivity contribution in [3.8, 4) is 22.1 Å². The maximum atomic E-state index is 14.9. The molecule has 40 heavy (non-hydrogen) atoms. The second-order valence-corrected chi connectivity index (χ2v) is 11.4. The molecule has 1 aliphatic heterocycles. The molecule has 6 rings (SSSR count). The number of rotatable bonds is 7. The fourth-order valence-electron chi connectivity index (χ4n) is 4.68. The molecular formula is C29H29FN6O3S. The van der Waals surface area contributed by atoms with Crippen LogP contribution in [0.2, 0.25) is 0 Å². The molecule has 1 aromatic carbocycles. The minimum atomic E-state index is -0.595. The van der Waals surface area contributed by atoms with E-state index in [9.17, 15) is 14.0 Å². The summed E-state index contributed by atoms with van der Waals surface area (Å²) in [6.45, 7) is 1.46. The summed E-state index contributed by atoms with van der Waals surface area (Å²) in [7, 11) is 4.07. The van der Waals surface area contributed by atoms with Crippen molar-refractivity contribution in [2.24, 2.45) is 0 Å². The number of hydrogen-bond acceptors (Lipinski definition) is 7. The first kappa shape index (κ1) is 26.1. The van der Waals surface area contributed by atoms with Gasteiger partial charge in [-0.25, -0.2) is 9.18 Å². The molecule has 4 aromatic rings. The van der Waals surface area contributed by atoms with Crippen LogP contribution >= 0.6 is 11.3 Å². The highest BCUT2D eigenvalue weighted by Gasteiger charge is 2.28. The highest BCUT2D eigenvalue weighted by atomic mass is 32.1. The summed E-state index contributed by atoms with van der Waals surface area (Å²) in [6.07, 6.45) is 6.13. The van der Waals surface area contributed by atoms with Crippen molar-refractivity contribution in [2.75, 3.05) is 32.5 Å². The van der Waals surface area contributed by atoms with Crippen LogP contribution in [-0.4, -0.2) is 71.0 Å². The van der Waals surface area contributed by atoms with Crippen LogP contribution in [0.5, 0.6) is 11.5 Å². The molecule has 1 aliphatic carbocycles. The van der Waals surface area contributed by atoms with Gasteiger partial charge < -0.3 is 25.2 Å². The number of hydrogen-bond donors (Lipinski definition) is 2.